The minimum absolute atomic E-state index is 0.166. The van der Waals surface area contributed by atoms with E-state index in [9.17, 15) is 18.0 Å². The maximum absolute atomic E-state index is 12.9. The topological polar surface area (TPSA) is 38.3 Å². The van der Waals surface area contributed by atoms with E-state index < -0.39 is 17.8 Å². The summed E-state index contributed by atoms with van der Waals surface area (Å²) < 4.78 is 44.0. The number of benzene rings is 2. The van der Waals surface area contributed by atoms with Crippen molar-refractivity contribution in [3.63, 3.8) is 0 Å². The van der Waals surface area contributed by atoms with E-state index in [1.807, 2.05) is 13.8 Å². The number of alkyl halides is 3. The molecule has 0 aliphatic carbocycles. The van der Waals surface area contributed by atoms with Crippen molar-refractivity contribution in [2.75, 3.05) is 6.54 Å². The summed E-state index contributed by atoms with van der Waals surface area (Å²) in [5, 5.41) is 2.61. The Kier molecular flexibility index (Phi) is 6.66. The van der Waals surface area contributed by atoms with Crippen LogP contribution in [0.3, 0.4) is 0 Å². The maximum atomic E-state index is 12.9. The number of carbonyl (C=O) groups is 1. The van der Waals surface area contributed by atoms with Gasteiger partial charge in [-0.1, -0.05) is 44.2 Å². The van der Waals surface area contributed by atoms with Gasteiger partial charge in [0.05, 0.1) is 5.56 Å². The zero-order valence-electron chi connectivity index (χ0n) is 14.8. The van der Waals surface area contributed by atoms with E-state index in [4.69, 9.17) is 4.74 Å². The summed E-state index contributed by atoms with van der Waals surface area (Å²) >= 11 is 0. The molecule has 0 saturated heterocycles. The van der Waals surface area contributed by atoms with Crippen molar-refractivity contribution < 1.29 is 22.7 Å². The van der Waals surface area contributed by atoms with E-state index in [0.717, 1.165) is 18.1 Å². The van der Waals surface area contributed by atoms with Gasteiger partial charge in [0.25, 0.3) is 0 Å². The largest absolute Gasteiger partial charge is 0.416 e. The molecular formula is C20H22F3NO2. The van der Waals surface area contributed by atoms with Gasteiger partial charge in [0, 0.05) is 12.5 Å². The Morgan fingerprint density at radius 1 is 1.08 bits per heavy atom. The monoisotopic (exact) mass is 365 g/mol. The van der Waals surface area contributed by atoms with E-state index in [2.05, 4.69) is 5.32 Å². The number of carbonyl (C=O) groups excluding carboxylic acids is 1. The minimum atomic E-state index is -4.36. The quantitative estimate of drug-likeness (QED) is 0.708. The maximum Gasteiger partial charge on any atom is 0.416 e. The highest BCUT2D eigenvalue weighted by atomic mass is 19.4. The molecule has 1 unspecified atom stereocenters. The van der Waals surface area contributed by atoms with Gasteiger partial charge in [0.15, 0.2) is 0 Å². The zero-order chi connectivity index (χ0) is 19.2. The van der Waals surface area contributed by atoms with Crippen LogP contribution in [-0.4, -0.2) is 12.6 Å². The van der Waals surface area contributed by atoms with Gasteiger partial charge in [-0.05, 0) is 42.2 Å². The molecule has 0 aliphatic rings. The molecule has 2 rings (SSSR count). The van der Waals surface area contributed by atoms with Crippen molar-refractivity contribution in [2.24, 2.45) is 0 Å². The number of nitrogens with one attached hydrogen (secondary N) is 1. The molecule has 0 aliphatic heterocycles. The molecule has 2 aromatic carbocycles. The van der Waals surface area contributed by atoms with Crippen LogP contribution >= 0.6 is 0 Å². The first-order valence-corrected chi connectivity index (χ1v) is 8.58. The van der Waals surface area contributed by atoms with Gasteiger partial charge in [-0.3, -0.25) is 0 Å². The third kappa shape index (κ3) is 5.25. The molecule has 0 bridgehead atoms. The first kappa shape index (κ1) is 19.8. The van der Waals surface area contributed by atoms with Crippen LogP contribution in [0.2, 0.25) is 0 Å². The minimum Gasteiger partial charge on any atom is -0.410 e. The van der Waals surface area contributed by atoms with Crippen LogP contribution in [0.4, 0.5) is 18.0 Å². The highest BCUT2D eigenvalue weighted by molar-refractivity contribution is 5.70. The highest BCUT2D eigenvalue weighted by Gasteiger charge is 2.31. The SMILES string of the molecule is CCCNC(=O)Oc1ccc(C(CC)c2cccc(C(F)(F)F)c2)cc1. The first-order chi connectivity index (χ1) is 12.3. The summed E-state index contributed by atoms with van der Waals surface area (Å²) in [7, 11) is 0. The lowest BCUT2D eigenvalue weighted by molar-refractivity contribution is -0.137. The number of hydrogen-bond donors (Lipinski definition) is 1. The molecule has 3 nitrogen and oxygen atoms in total. The second-order valence-corrected chi connectivity index (χ2v) is 5.97. The summed E-state index contributed by atoms with van der Waals surface area (Å²) in [6, 6.07) is 12.2. The number of rotatable bonds is 6. The van der Waals surface area contributed by atoms with Crippen LogP contribution in [0, 0.1) is 0 Å². The fourth-order valence-electron chi connectivity index (χ4n) is 2.73. The summed E-state index contributed by atoms with van der Waals surface area (Å²) in [4.78, 5) is 11.6. The fraction of sp³-hybridized carbons (Fsp3) is 0.350. The predicted molar refractivity (Wildman–Crippen MR) is 94.3 cm³/mol. The molecule has 2 aromatic rings. The smallest absolute Gasteiger partial charge is 0.410 e. The van der Waals surface area contributed by atoms with Gasteiger partial charge < -0.3 is 10.1 Å². The second kappa shape index (κ2) is 8.74. The average Bonchev–Trinajstić information content (AvgIpc) is 2.61. The van der Waals surface area contributed by atoms with E-state index in [0.29, 0.717) is 24.3 Å². The van der Waals surface area contributed by atoms with Crippen molar-refractivity contribution in [1.29, 1.82) is 0 Å². The predicted octanol–water partition coefficient (Wildman–Crippen LogP) is 5.75. The Labute approximate surface area is 151 Å². The molecule has 1 amide bonds. The average molecular weight is 365 g/mol. The Hall–Kier alpha value is -2.50. The lowest BCUT2D eigenvalue weighted by atomic mass is 9.88. The lowest BCUT2D eigenvalue weighted by Gasteiger charge is -2.18. The third-order valence-corrected chi connectivity index (χ3v) is 4.04. The van der Waals surface area contributed by atoms with Crippen molar-refractivity contribution in [2.45, 2.75) is 38.8 Å². The summed E-state index contributed by atoms with van der Waals surface area (Å²) in [6.07, 6.45) is -3.43. The molecule has 26 heavy (non-hydrogen) atoms. The molecule has 0 fully saturated rings. The molecule has 0 spiro atoms. The fourth-order valence-corrected chi connectivity index (χ4v) is 2.73. The van der Waals surface area contributed by atoms with Crippen LogP contribution < -0.4 is 10.1 Å². The molecule has 140 valence electrons. The molecule has 6 heteroatoms. The lowest BCUT2D eigenvalue weighted by Crippen LogP contribution is -2.27. The number of halogens is 3. The van der Waals surface area contributed by atoms with E-state index in [-0.39, 0.29) is 5.92 Å². The summed E-state index contributed by atoms with van der Waals surface area (Å²) in [6.45, 7) is 4.39. The third-order valence-electron chi connectivity index (χ3n) is 4.04. The van der Waals surface area contributed by atoms with Crippen LogP contribution in [0.15, 0.2) is 48.5 Å². The molecule has 0 aromatic heterocycles. The summed E-state index contributed by atoms with van der Waals surface area (Å²) in [5.74, 6) is 0.224. The molecule has 1 atom stereocenters. The van der Waals surface area contributed by atoms with Crippen LogP contribution in [-0.2, 0) is 6.18 Å². The van der Waals surface area contributed by atoms with Crippen molar-refractivity contribution in [3.8, 4) is 5.75 Å². The number of amides is 1. The van der Waals surface area contributed by atoms with Crippen LogP contribution in [0.1, 0.15) is 49.3 Å². The van der Waals surface area contributed by atoms with E-state index in [1.54, 1.807) is 30.3 Å². The van der Waals surface area contributed by atoms with Crippen molar-refractivity contribution in [1.82, 2.24) is 5.32 Å². The number of hydrogen-bond acceptors (Lipinski definition) is 2. The molecular weight excluding hydrogens is 343 g/mol. The molecule has 0 saturated carbocycles. The van der Waals surface area contributed by atoms with Gasteiger partial charge in [-0.2, -0.15) is 13.2 Å². The molecule has 1 N–H and O–H groups in total. The van der Waals surface area contributed by atoms with Crippen LogP contribution in [0.5, 0.6) is 5.75 Å². The van der Waals surface area contributed by atoms with E-state index >= 15 is 0 Å². The van der Waals surface area contributed by atoms with Gasteiger partial charge in [-0.25, -0.2) is 4.79 Å². The number of ether oxygens (including phenoxy) is 1. The van der Waals surface area contributed by atoms with Gasteiger partial charge in [-0.15, -0.1) is 0 Å². The normalized spacial score (nSPS) is 12.5. The van der Waals surface area contributed by atoms with Crippen molar-refractivity contribution >= 4 is 6.09 Å². The van der Waals surface area contributed by atoms with Gasteiger partial charge in [0.2, 0.25) is 0 Å². The Morgan fingerprint density at radius 2 is 1.77 bits per heavy atom. The van der Waals surface area contributed by atoms with Gasteiger partial charge >= 0.3 is 12.3 Å². The zero-order valence-corrected chi connectivity index (χ0v) is 14.8. The van der Waals surface area contributed by atoms with Crippen LogP contribution in [0.25, 0.3) is 0 Å². The van der Waals surface area contributed by atoms with Crippen molar-refractivity contribution in [3.05, 3.63) is 65.2 Å². The Balaban J connectivity index is 2.17. The highest BCUT2D eigenvalue weighted by Crippen LogP contribution is 2.34. The van der Waals surface area contributed by atoms with Gasteiger partial charge in [0.1, 0.15) is 5.75 Å². The van der Waals surface area contributed by atoms with E-state index in [1.165, 1.54) is 12.1 Å². The molecule has 0 radical (unpaired) electrons. The Morgan fingerprint density at radius 3 is 2.35 bits per heavy atom. The summed E-state index contributed by atoms with van der Waals surface area (Å²) in [5.41, 5.74) is 0.825. The standard InChI is InChI=1S/C20H22F3NO2/c1-3-12-24-19(25)26-17-10-8-14(9-11-17)18(4-2)15-6-5-7-16(13-15)20(21,22)23/h5-11,13,18H,3-4,12H2,1-2H3,(H,24,25). The Bertz CT molecular complexity index is 727. The first-order valence-electron chi connectivity index (χ1n) is 8.58. The molecule has 0 heterocycles. The second-order valence-electron chi connectivity index (χ2n) is 5.97.